The molecule has 0 aromatic heterocycles. The van der Waals surface area contributed by atoms with Gasteiger partial charge in [0, 0.05) is 6.54 Å². The van der Waals surface area contributed by atoms with Crippen LogP contribution in [0.25, 0.3) is 0 Å². The molecule has 1 aliphatic rings. The second-order valence-electron chi connectivity index (χ2n) is 4.51. The van der Waals surface area contributed by atoms with Gasteiger partial charge < -0.3 is 5.32 Å². The lowest BCUT2D eigenvalue weighted by molar-refractivity contribution is 0.265. The summed E-state index contributed by atoms with van der Waals surface area (Å²) in [5.74, 6) is 0. The Balaban J connectivity index is 2.32. The standard InChI is InChI=1S/C11H23N/c1-3-12-10-11(2)8-6-4-5-7-9-11/h12H,3-10H2,1-2H3. The molecule has 0 bridgehead atoms. The van der Waals surface area contributed by atoms with Gasteiger partial charge in [-0.05, 0) is 24.8 Å². The van der Waals surface area contributed by atoms with Crippen LogP contribution in [0, 0.1) is 5.41 Å². The first-order valence-electron chi connectivity index (χ1n) is 5.47. The van der Waals surface area contributed by atoms with E-state index in [9.17, 15) is 0 Å². The minimum Gasteiger partial charge on any atom is -0.316 e. The summed E-state index contributed by atoms with van der Waals surface area (Å²) in [5, 5.41) is 3.49. The summed E-state index contributed by atoms with van der Waals surface area (Å²) < 4.78 is 0. The van der Waals surface area contributed by atoms with E-state index in [-0.39, 0.29) is 0 Å². The zero-order valence-electron chi connectivity index (χ0n) is 8.66. The molecular formula is C11H23N. The quantitative estimate of drug-likeness (QED) is 0.640. The summed E-state index contributed by atoms with van der Waals surface area (Å²) >= 11 is 0. The summed E-state index contributed by atoms with van der Waals surface area (Å²) in [6.07, 6.45) is 8.67. The number of hydrogen-bond donors (Lipinski definition) is 1. The predicted molar refractivity (Wildman–Crippen MR) is 54.4 cm³/mol. The van der Waals surface area contributed by atoms with Gasteiger partial charge >= 0.3 is 0 Å². The molecule has 0 heterocycles. The molecule has 1 aliphatic carbocycles. The van der Waals surface area contributed by atoms with E-state index < -0.39 is 0 Å². The first-order valence-corrected chi connectivity index (χ1v) is 5.47. The smallest absolute Gasteiger partial charge is 0.000504 e. The molecule has 0 amide bonds. The van der Waals surface area contributed by atoms with Gasteiger partial charge in [0.2, 0.25) is 0 Å². The third-order valence-corrected chi connectivity index (χ3v) is 3.11. The van der Waals surface area contributed by atoms with Crippen LogP contribution < -0.4 is 5.32 Å². The van der Waals surface area contributed by atoms with E-state index in [4.69, 9.17) is 0 Å². The van der Waals surface area contributed by atoms with Crippen molar-refractivity contribution in [2.45, 2.75) is 52.4 Å². The molecule has 0 aliphatic heterocycles. The van der Waals surface area contributed by atoms with Crippen LogP contribution in [0.3, 0.4) is 0 Å². The van der Waals surface area contributed by atoms with Gasteiger partial charge in [0.15, 0.2) is 0 Å². The Hall–Kier alpha value is -0.0400. The van der Waals surface area contributed by atoms with Gasteiger partial charge in [-0.25, -0.2) is 0 Å². The lowest BCUT2D eigenvalue weighted by atomic mass is 9.82. The number of hydrogen-bond acceptors (Lipinski definition) is 1. The molecule has 1 heteroatoms. The fourth-order valence-electron chi connectivity index (χ4n) is 2.19. The number of rotatable bonds is 3. The molecule has 0 aromatic rings. The largest absolute Gasteiger partial charge is 0.316 e. The third-order valence-electron chi connectivity index (χ3n) is 3.11. The van der Waals surface area contributed by atoms with Crippen molar-refractivity contribution in [3.63, 3.8) is 0 Å². The van der Waals surface area contributed by atoms with E-state index in [1.54, 1.807) is 0 Å². The van der Waals surface area contributed by atoms with Crippen molar-refractivity contribution in [2.75, 3.05) is 13.1 Å². The first-order chi connectivity index (χ1) is 5.77. The summed E-state index contributed by atoms with van der Waals surface area (Å²) in [5.41, 5.74) is 0.604. The van der Waals surface area contributed by atoms with E-state index in [0.29, 0.717) is 5.41 Å². The monoisotopic (exact) mass is 169 g/mol. The van der Waals surface area contributed by atoms with E-state index in [1.165, 1.54) is 45.1 Å². The molecule has 1 saturated carbocycles. The van der Waals surface area contributed by atoms with Crippen LogP contribution >= 0.6 is 0 Å². The summed E-state index contributed by atoms with van der Waals surface area (Å²) in [6.45, 7) is 6.99. The molecule has 0 atom stereocenters. The zero-order valence-corrected chi connectivity index (χ0v) is 8.66. The Morgan fingerprint density at radius 2 is 1.67 bits per heavy atom. The lowest BCUT2D eigenvalue weighted by Crippen LogP contribution is -2.31. The Labute approximate surface area is 76.9 Å². The Morgan fingerprint density at radius 3 is 2.17 bits per heavy atom. The normalized spacial score (nSPS) is 23.5. The highest BCUT2D eigenvalue weighted by Gasteiger charge is 2.24. The molecule has 12 heavy (non-hydrogen) atoms. The third kappa shape index (κ3) is 3.14. The highest BCUT2D eigenvalue weighted by molar-refractivity contribution is 4.78. The van der Waals surface area contributed by atoms with Gasteiger partial charge in [0.25, 0.3) is 0 Å². The molecule has 1 fully saturated rings. The number of nitrogens with one attached hydrogen (secondary N) is 1. The van der Waals surface area contributed by atoms with Crippen LogP contribution in [0.2, 0.25) is 0 Å². The van der Waals surface area contributed by atoms with Crippen molar-refractivity contribution < 1.29 is 0 Å². The molecular weight excluding hydrogens is 146 g/mol. The van der Waals surface area contributed by atoms with Gasteiger partial charge in [-0.1, -0.05) is 39.5 Å². The minimum atomic E-state index is 0.604. The van der Waals surface area contributed by atoms with Gasteiger partial charge in [-0.2, -0.15) is 0 Å². The highest BCUT2D eigenvalue weighted by atomic mass is 14.9. The van der Waals surface area contributed by atoms with Crippen molar-refractivity contribution in [2.24, 2.45) is 5.41 Å². The van der Waals surface area contributed by atoms with Crippen LogP contribution in [-0.2, 0) is 0 Å². The van der Waals surface area contributed by atoms with Gasteiger partial charge in [0.05, 0.1) is 0 Å². The van der Waals surface area contributed by atoms with Gasteiger partial charge in [-0.15, -0.1) is 0 Å². The van der Waals surface area contributed by atoms with Crippen molar-refractivity contribution >= 4 is 0 Å². The van der Waals surface area contributed by atoms with Crippen molar-refractivity contribution in [3.8, 4) is 0 Å². The molecule has 0 aromatic carbocycles. The molecule has 1 rings (SSSR count). The second-order valence-corrected chi connectivity index (χ2v) is 4.51. The van der Waals surface area contributed by atoms with Crippen molar-refractivity contribution in [3.05, 3.63) is 0 Å². The maximum Gasteiger partial charge on any atom is 0.000504 e. The van der Waals surface area contributed by atoms with Crippen LogP contribution in [0.4, 0.5) is 0 Å². The maximum atomic E-state index is 3.49. The molecule has 1 nitrogen and oxygen atoms in total. The van der Waals surface area contributed by atoms with Crippen LogP contribution in [-0.4, -0.2) is 13.1 Å². The van der Waals surface area contributed by atoms with E-state index in [2.05, 4.69) is 19.2 Å². The van der Waals surface area contributed by atoms with Gasteiger partial charge in [-0.3, -0.25) is 0 Å². The fourth-order valence-corrected chi connectivity index (χ4v) is 2.19. The molecule has 0 saturated heterocycles. The van der Waals surface area contributed by atoms with Crippen molar-refractivity contribution in [1.82, 2.24) is 5.32 Å². The van der Waals surface area contributed by atoms with Crippen LogP contribution in [0.5, 0.6) is 0 Å². The minimum absolute atomic E-state index is 0.604. The zero-order chi connectivity index (χ0) is 8.86. The average molecular weight is 169 g/mol. The molecule has 0 radical (unpaired) electrons. The topological polar surface area (TPSA) is 12.0 Å². The lowest BCUT2D eigenvalue weighted by Gasteiger charge is -2.28. The van der Waals surface area contributed by atoms with Crippen LogP contribution in [0.1, 0.15) is 52.4 Å². The maximum absolute atomic E-state index is 3.49. The highest BCUT2D eigenvalue weighted by Crippen LogP contribution is 2.33. The first kappa shape index (κ1) is 10.0. The fraction of sp³-hybridized carbons (Fsp3) is 1.00. The molecule has 1 N–H and O–H groups in total. The molecule has 0 unspecified atom stereocenters. The van der Waals surface area contributed by atoms with Crippen LogP contribution in [0.15, 0.2) is 0 Å². The van der Waals surface area contributed by atoms with E-state index in [0.717, 1.165) is 6.54 Å². The Morgan fingerprint density at radius 1 is 1.08 bits per heavy atom. The Bertz CT molecular complexity index is 112. The summed E-state index contributed by atoms with van der Waals surface area (Å²) in [7, 11) is 0. The SMILES string of the molecule is CCNCC1(C)CCCCCC1. The molecule has 72 valence electrons. The van der Waals surface area contributed by atoms with Gasteiger partial charge in [0.1, 0.15) is 0 Å². The van der Waals surface area contributed by atoms with E-state index in [1.807, 2.05) is 0 Å². The summed E-state index contributed by atoms with van der Waals surface area (Å²) in [4.78, 5) is 0. The second kappa shape index (κ2) is 4.86. The van der Waals surface area contributed by atoms with E-state index >= 15 is 0 Å². The molecule has 0 spiro atoms. The summed E-state index contributed by atoms with van der Waals surface area (Å²) in [6, 6.07) is 0. The Kier molecular flexibility index (Phi) is 4.07. The van der Waals surface area contributed by atoms with Crippen molar-refractivity contribution in [1.29, 1.82) is 0 Å². The predicted octanol–water partition coefficient (Wildman–Crippen LogP) is 2.96. The average Bonchev–Trinajstić information content (AvgIpc) is 2.27.